The Kier molecular flexibility index (Phi) is 3.78. The Balaban J connectivity index is 1.85. The van der Waals surface area contributed by atoms with Crippen LogP contribution in [-0.4, -0.2) is 26.3 Å². The van der Waals surface area contributed by atoms with Crippen molar-refractivity contribution in [2.75, 3.05) is 26.3 Å². The SMILES string of the molecule is CCOCCC1(c2ccc(Cl)c(Cl)c2)[C@@H]2CNC[C@@H]21. The van der Waals surface area contributed by atoms with Gasteiger partial charge in [-0.15, -0.1) is 0 Å². The van der Waals surface area contributed by atoms with Crippen LogP contribution in [0.15, 0.2) is 18.2 Å². The van der Waals surface area contributed by atoms with E-state index in [1.807, 2.05) is 19.1 Å². The average molecular weight is 300 g/mol. The fourth-order valence-corrected chi connectivity index (χ4v) is 4.06. The topological polar surface area (TPSA) is 21.3 Å². The van der Waals surface area contributed by atoms with Crippen molar-refractivity contribution in [2.45, 2.75) is 18.8 Å². The largest absolute Gasteiger partial charge is 0.382 e. The van der Waals surface area contributed by atoms with Gasteiger partial charge in [-0.25, -0.2) is 0 Å². The predicted molar refractivity (Wildman–Crippen MR) is 79.1 cm³/mol. The van der Waals surface area contributed by atoms with Crippen LogP contribution in [0.25, 0.3) is 0 Å². The highest BCUT2D eigenvalue weighted by molar-refractivity contribution is 6.42. The van der Waals surface area contributed by atoms with Crippen LogP contribution in [0.1, 0.15) is 18.9 Å². The van der Waals surface area contributed by atoms with E-state index < -0.39 is 0 Å². The zero-order valence-corrected chi connectivity index (χ0v) is 12.6. The van der Waals surface area contributed by atoms with Crippen molar-refractivity contribution in [1.29, 1.82) is 0 Å². The molecule has 1 aliphatic heterocycles. The number of rotatable bonds is 5. The van der Waals surface area contributed by atoms with Crippen LogP contribution in [-0.2, 0) is 10.2 Å². The fraction of sp³-hybridized carbons (Fsp3) is 0.600. The minimum absolute atomic E-state index is 0.259. The Bertz CT molecular complexity index is 467. The molecule has 1 saturated heterocycles. The molecule has 1 aliphatic carbocycles. The monoisotopic (exact) mass is 299 g/mol. The summed E-state index contributed by atoms with van der Waals surface area (Å²) in [5.41, 5.74) is 1.59. The van der Waals surface area contributed by atoms with Crippen LogP contribution < -0.4 is 5.32 Å². The molecular formula is C15H19Cl2NO. The molecular weight excluding hydrogens is 281 g/mol. The number of piperidine rings is 1. The van der Waals surface area contributed by atoms with Gasteiger partial charge in [0.15, 0.2) is 0 Å². The highest BCUT2D eigenvalue weighted by Crippen LogP contribution is 2.64. The molecule has 0 spiro atoms. The van der Waals surface area contributed by atoms with Crippen molar-refractivity contribution in [2.24, 2.45) is 11.8 Å². The summed E-state index contributed by atoms with van der Waals surface area (Å²) in [6.07, 6.45) is 1.08. The summed E-state index contributed by atoms with van der Waals surface area (Å²) in [6.45, 7) is 5.87. The summed E-state index contributed by atoms with van der Waals surface area (Å²) in [5.74, 6) is 1.45. The van der Waals surface area contributed by atoms with Crippen molar-refractivity contribution in [3.05, 3.63) is 33.8 Å². The highest BCUT2D eigenvalue weighted by atomic mass is 35.5. The lowest BCUT2D eigenvalue weighted by Gasteiger charge is -2.22. The van der Waals surface area contributed by atoms with Gasteiger partial charge in [0.25, 0.3) is 0 Å². The first kappa shape index (κ1) is 13.7. The molecule has 0 amide bonds. The maximum absolute atomic E-state index is 6.19. The van der Waals surface area contributed by atoms with E-state index in [0.29, 0.717) is 10.0 Å². The molecule has 4 heteroatoms. The average Bonchev–Trinajstić information content (AvgIpc) is 2.79. The third-order valence-electron chi connectivity index (χ3n) is 4.75. The number of hydrogen-bond donors (Lipinski definition) is 1. The Labute approximate surface area is 124 Å². The second kappa shape index (κ2) is 5.25. The summed E-state index contributed by atoms with van der Waals surface area (Å²) < 4.78 is 5.57. The molecule has 1 aromatic rings. The standard InChI is InChI=1S/C15H19Cl2NO/c1-2-19-6-5-15(11-8-18-9-12(11)15)10-3-4-13(16)14(17)7-10/h3-4,7,11-12,18H,2,5-6,8-9H2,1H3/t11-,12+,15?. The van der Waals surface area contributed by atoms with Gasteiger partial charge >= 0.3 is 0 Å². The van der Waals surface area contributed by atoms with Gasteiger partial charge in [-0.3, -0.25) is 0 Å². The molecule has 3 rings (SSSR count). The van der Waals surface area contributed by atoms with E-state index in [2.05, 4.69) is 11.4 Å². The zero-order valence-electron chi connectivity index (χ0n) is 11.1. The number of ether oxygens (including phenoxy) is 1. The number of fused-ring (bicyclic) bond motifs is 1. The quantitative estimate of drug-likeness (QED) is 0.840. The number of hydrogen-bond acceptors (Lipinski definition) is 2. The first-order chi connectivity index (χ1) is 9.20. The van der Waals surface area contributed by atoms with Crippen molar-refractivity contribution in [1.82, 2.24) is 5.32 Å². The molecule has 1 saturated carbocycles. The van der Waals surface area contributed by atoms with Crippen LogP contribution in [0.4, 0.5) is 0 Å². The van der Waals surface area contributed by atoms with Gasteiger partial charge in [-0.05, 0) is 56.0 Å². The molecule has 2 fully saturated rings. The maximum atomic E-state index is 6.19. The molecule has 3 atom stereocenters. The summed E-state index contributed by atoms with van der Waals surface area (Å²) in [5, 5.41) is 4.76. The third-order valence-corrected chi connectivity index (χ3v) is 5.49. The Morgan fingerprint density at radius 3 is 2.63 bits per heavy atom. The minimum atomic E-state index is 0.259. The van der Waals surface area contributed by atoms with Crippen LogP contribution in [0, 0.1) is 11.8 Å². The predicted octanol–water partition coefficient (Wildman–Crippen LogP) is 3.51. The van der Waals surface area contributed by atoms with E-state index >= 15 is 0 Å². The normalized spacial score (nSPS) is 32.4. The van der Waals surface area contributed by atoms with Gasteiger partial charge in [0.2, 0.25) is 0 Å². The van der Waals surface area contributed by atoms with Crippen molar-refractivity contribution < 1.29 is 4.74 Å². The van der Waals surface area contributed by atoms with E-state index in [1.165, 1.54) is 5.56 Å². The van der Waals surface area contributed by atoms with Crippen LogP contribution >= 0.6 is 23.2 Å². The number of halogens is 2. The highest BCUT2D eigenvalue weighted by Gasteiger charge is 2.66. The summed E-state index contributed by atoms with van der Waals surface area (Å²) >= 11 is 12.2. The van der Waals surface area contributed by atoms with E-state index in [-0.39, 0.29) is 5.41 Å². The Morgan fingerprint density at radius 2 is 2.00 bits per heavy atom. The van der Waals surface area contributed by atoms with Gasteiger partial charge in [0.05, 0.1) is 10.0 Å². The van der Waals surface area contributed by atoms with Crippen molar-refractivity contribution in [3.63, 3.8) is 0 Å². The fourth-order valence-electron chi connectivity index (χ4n) is 3.76. The lowest BCUT2D eigenvalue weighted by molar-refractivity contribution is 0.133. The van der Waals surface area contributed by atoms with Gasteiger partial charge in [-0.1, -0.05) is 29.3 Å². The summed E-state index contributed by atoms with van der Waals surface area (Å²) in [7, 11) is 0. The second-order valence-electron chi connectivity index (χ2n) is 5.49. The van der Waals surface area contributed by atoms with Gasteiger partial charge in [0.1, 0.15) is 0 Å². The zero-order chi connectivity index (χ0) is 13.5. The lowest BCUT2D eigenvalue weighted by Crippen LogP contribution is -2.26. The molecule has 2 nitrogen and oxygen atoms in total. The first-order valence-electron chi connectivity index (χ1n) is 6.94. The van der Waals surface area contributed by atoms with E-state index in [4.69, 9.17) is 27.9 Å². The molecule has 0 bridgehead atoms. The van der Waals surface area contributed by atoms with Crippen molar-refractivity contribution in [3.8, 4) is 0 Å². The third kappa shape index (κ3) is 2.19. The molecule has 104 valence electrons. The molecule has 0 aromatic heterocycles. The smallest absolute Gasteiger partial charge is 0.0595 e. The molecule has 1 unspecified atom stereocenters. The lowest BCUT2D eigenvalue weighted by atomic mass is 9.87. The number of benzene rings is 1. The van der Waals surface area contributed by atoms with Crippen LogP contribution in [0.3, 0.4) is 0 Å². The number of nitrogens with one attached hydrogen (secondary N) is 1. The van der Waals surface area contributed by atoms with Gasteiger partial charge in [0, 0.05) is 18.6 Å². The summed E-state index contributed by atoms with van der Waals surface area (Å²) in [6, 6.07) is 6.11. The van der Waals surface area contributed by atoms with E-state index in [1.54, 1.807) is 0 Å². The maximum Gasteiger partial charge on any atom is 0.0595 e. The summed E-state index contributed by atoms with van der Waals surface area (Å²) in [4.78, 5) is 0. The molecule has 1 N–H and O–H groups in total. The van der Waals surface area contributed by atoms with Crippen LogP contribution in [0.5, 0.6) is 0 Å². The molecule has 2 aliphatic rings. The Hall–Kier alpha value is -0.280. The van der Waals surface area contributed by atoms with E-state index in [9.17, 15) is 0 Å². The minimum Gasteiger partial charge on any atom is -0.382 e. The molecule has 1 aromatic carbocycles. The first-order valence-corrected chi connectivity index (χ1v) is 7.69. The second-order valence-corrected chi connectivity index (χ2v) is 6.30. The molecule has 19 heavy (non-hydrogen) atoms. The van der Waals surface area contributed by atoms with E-state index in [0.717, 1.165) is 44.6 Å². The molecule has 0 radical (unpaired) electrons. The Morgan fingerprint density at radius 1 is 1.26 bits per heavy atom. The van der Waals surface area contributed by atoms with Gasteiger partial charge in [-0.2, -0.15) is 0 Å². The molecule has 1 heterocycles. The van der Waals surface area contributed by atoms with Crippen molar-refractivity contribution >= 4 is 23.2 Å². The van der Waals surface area contributed by atoms with Crippen LogP contribution in [0.2, 0.25) is 10.0 Å². The van der Waals surface area contributed by atoms with Gasteiger partial charge < -0.3 is 10.1 Å².